The summed E-state index contributed by atoms with van der Waals surface area (Å²) in [5, 5.41) is 3.12. The molecular formula is C22H22F3N5O. The van der Waals surface area contributed by atoms with Crippen molar-refractivity contribution in [2.45, 2.75) is 19.6 Å². The average Bonchev–Trinajstić information content (AvgIpc) is 2.79. The van der Waals surface area contributed by atoms with Crippen molar-refractivity contribution >= 4 is 11.6 Å². The summed E-state index contributed by atoms with van der Waals surface area (Å²) in [6.45, 7) is 5.04. The molecule has 0 aliphatic carbocycles. The number of hydrogen-bond acceptors (Lipinski definition) is 6. The number of alkyl halides is 3. The van der Waals surface area contributed by atoms with Crippen LogP contribution >= 0.6 is 0 Å². The molecule has 3 aromatic rings. The molecule has 9 heteroatoms. The van der Waals surface area contributed by atoms with Gasteiger partial charge >= 0.3 is 6.18 Å². The number of nitrogens with zero attached hydrogens (tertiary/aromatic N) is 4. The normalized spacial score (nSPS) is 14.5. The molecule has 6 nitrogen and oxygen atoms in total. The number of halogens is 3. The zero-order chi connectivity index (χ0) is 21.8. The topological polar surface area (TPSA) is 63.2 Å². The number of benzene rings is 1. The highest BCUT2D eigenvalue weighted by Crippen LogP contribution is 2.30. The molecule has 1 fully saturated rings. The van der Waals surface area contributed by atoms with Gasteiger partial charge in [0.15, 0.2) is 5.82 Å². The maximum absolute atomic E-state index is 12.9. The monoisotopic (exact) mass is 429 g/mol. The van der Waals surface area contributed by atoms with Gasteiger partial charge in [-0.15, -0.1) is 0 Å². The van der Waals surface area contributed by atoms with Crippen LogP contribution in [-0.4, -0.2) is 41.3 Å². The van der Waals surface area contributed by atoms with Gasteiger partial charge in [0, 0.05) is 43.2 Å². The Morgan fingerprint density at radius 3 is 2.58 bits per heavy atom. The Labute approximate surface area is 178 Å². The average molecular weight is 429 g/mol. The highest BCUT2D eigenvalue weighted by molar-refractivity contribution is 5.59. The molecule has 0 bridgehead atoms. The van der Waals surface area contributed by atoms with Crippen LogP contribution < -0.4 is 10.2 Å². The first kappa shape index (κ1) is 21.0. The van der Waals surface area contributed by atoms with Gasteiger partial charge in [-0.25, -0.2) is 15.0 Å². The molecule has 4 rings (SSSR count). The molecule has 0 spiro atoms. The summed E-state index contributed by atoms with van der Waals surface area (Å²) in [5.41, 5.74) is 1.41. The number of morpholine rings is 1. The lowest BCUT2D eigenvalue weighted by molar-refractivity contribution is -0.137. The number of rotatable bonds is 5. The Balaban J connectivity index is 1.48. The van der Waals surface area contributed by atoms with Gasteiger partial charge in [0.25, 0.3) is 0 Å². The Morgan fingerprint density at radius 1 is 1.06 bits per heavy atom. The van der Waals surface area contributed by atoms with Gasteiger partial charge in [-0.1, -0.05) is 12.1 Å². The summed E-state index contributed by atoms with van der Waals surface area (Å²) in [6, 6.07) is 9.09. The number of aryl methyl sites for hydroxylation is 1. The Morgan fingerprint density at radius 2 is 1.87 bits per heavy atom. The summed E-state index contributed by atoms with van der Waals surface area (Å²) >= 11 is 0. The van der Waals surface area contributed by atoms with Crippen molar-refractivity contribution in [3.8, 4) is 11.4 Å². The van der Waals surface area contributed by atoms with E-state index in [0.29, 0.717) is 30.4 Å². The lowest BCUT2D eigenvalue weighted by Gasteiger charge is -2.27. The van der Waals surface area contributed by atoms with E-state index in [-0.39, 0.29) is 6.54 Å². The number of ether oxygens (including phenoxy) is 1. The SMILES string of the molecule is Cc1cnc(-c2ccc(N3CCOCC3)nc2)nc1NCc1cccc(C(F)(F)F)c1. The second-order valence-corrected chi connectivity index (χ2v) is 7.28. The second-order valence-electron chi connectivity index (χ2n) is 7.28. The second kappa shape index (κ2) is 8.89. The molecule has 1 aromatic carbocycles. The lowest BCUT2D eigenvalue weighted by Crippen LogP contribution is -2.36. The van der Waals surface area contributed by atoms with Crippen molar-refractivity contribution in [3.63, 3.8) is 0 Å². The first-order chi connectivity index (χ1) is 14.9. The summed E-state index contributed by atoms with van der Waals surface area (Å²) in [4.78, 5) is 15.6. The molecule has 3 heterocycles. The highest BCUT2D eigenvalue weighted by atomic mass is 19.4. The van der Waals surface area contributed by atoms with Gasteiger partial charge < -0.3 is 15.0 Å². The molecule has 1 aliphatic rings. The molecule has 1 aliphatic heterocycles. The van der Waals surface area contributed by atoms with Crippen LogP contribution in [0.4, 0.5) is 24.8 Å². The quantitative estimate of drug-likeness (QED) is 0.652. The Hall–Kier alpha value is -3.20. The Bertz CT molecular complexity index is 1030. The van der Waals surface area contributed by atoms with Crippen molar-refractivity contribution < 1.29 is 17.9 Å². The summed E-state index contributed by atoms with van der Waals surface area (Å²) in [6.07, 6.45) is -0.951. The third kappa shape index (κ3) is 5.11. The third-order valence-corrected chi connectivity index (χ3v) is 5.03. The zero-order valence-corrected chi connectivity index (χ0v) is 17.0. The molecule has 0 amide bonds. The first-order valence-electron chi connectivity index (χ1n) is 9.93. The number of pyridine rings is 1. The molecule has 31 heavy (non-hydrogen) atoms. The number of anilines is 2. The minimum Gasteiger partial charge on any atom is -0.378 e. The van der Waals surface area contributed by atoms with Crippen molar-refractivity contribution in [2.24, 2.45) is 0 Å². The fourth-order valence-electron chi connectivity index (χ4n) is 3.30. The third-order valence-electron chi connectivity index (χ3n) is 5.03. The molecule has 1 N–H and O–H groups in total. The fraction of sp³-hybridized carbons (Fsp3) is 0.318. The number of hydrogen-bond donors (Lipinski definition) is 1. The van der Waals surface area contributed by atoms with Crippen LogP contribution in [0.25, 0.3) is 11.4 Å². The lowest BCUT2D eigenvalue weighted by atomic mass is 10.1. The summed E-state index contributed by atoms with van der Waals surface area (Å²) in [7, 11) is 0. The van der Waals surface area contributed by atoms with Gasteiger partial charge in [-0.2, -0.15) is 13.2 Å². The number of aromatic nitrogens is 3. The molecule has 0 radical (unpaired) electrons. The smallest absolute Gasteiger partial charge is 0.378 e. The summed E-state index contributed by atoms with van der Waals surface area (Å²) in [5.74, 6) is 1.94. The molecule has 2 aromatic heterocycles. The predicted octanol–water partition coefficient (Wildman–Crippen LogP) is 4.31. The summed E-state index contributed by atoms with van der Waals surface area (Å²) < 4.78 is 44.1. The fourth-order valence-corrected chi connectivity index (χ4v) is 3.30. The van der Waals surface area contributed by atoms with E-state index in [9.17, 15) is 13.2 Å². The van der Waals surface area contributed by atoms with Crippen LogP contribution in [0.5, 0.6) is 0 Å². The van der Waals surface area contributed by atoms with Crippen LogP contribution in [-0.2, 0) is 17.5 Å². The van der Waals surface area contributed by atoms with Crippen molar-refractivity contribution in [1.29, 1.82) is 0 Å². The zero-order valence-electron chi connectivity index (χ0n) is 17.0. The van der Waals surface area contributed by atoms with E-state index in [1.54, 1.807) is 18.5 Å². The highest BCUT2D eigenvalue weighted by Gasteiger charge is 2.30. The van der Waals surface area contributed by atoms with E-state index in [0.717, 1.165) is 42.2 Å². The largest absolute Gasteiger partial charge is 0.416 e. The number of nitrogens with one attached hydrogen (secondary N) is 1. The Kier molecular flexibility index (Phi) is 6.03. The molecule has 0 atom stereocenters. The molecule has 1 saturated heterocycles. The standard InChI is InChI=1S/C22H22F3N5O/c1-15-12-27-21(17-5-6-19(26-14-17)30-7-9-31-10-8-30)29-20(15)28-13-16-3-2-4-18(11-16)22(23,24)25/h2-6,11-12,14H,7-10,13H2,1H3,(H,27,28,29). The van der Waals surface area contributed by atoms with Gasteiger partial charge in [-0.05, 0) is 36.8 Å². The van der Waals surface area contributed by atoms with Crippen LogP contribution in [0.1, 0.15) is 16.7 Å². The van der Waals surface area contributed by atoms with Gasteiger partial charge in [0.2, 0.25) is 0 Å². The molecular weight excluding hydrogens is 407 g/mol. The molecule has 0 saturated carbocycles. The van der Waals surface area contributed by atoms with E-state index >= 15 is 0 Å². The van der Waals surface area contributed by atoms with E-state index < -0.39 is 11.7 Å². The van der Waals surface area contributed by atoms with Crippen LogP contribution in [0.2, 0.25) is 0 Å². The van der Waals surface area contributed by atoms with E-state index in [4.69, 9.17) is 4.74 Å². The minimum atomic E-state index is -4.37. The van der Waals surface area contributed by atoms with Gasteiger partial charge in [0.1, 0.15) is 11.6 Å². The van der Waals surface area contributed by atoms with Crippen molar-refractivity contribution in [2.75, 3.05) is 36.5 Å². The van der Waals surface area contributed by atoms with Gasteiger partial charge in [-0.3, -0.25) is 0 Å². The van der Waals surface area contributed by atoms with E-state index in [2.05, 4.69) is 25.2 Å². The first-order valence-corrected chi connectivity index (χ1v) is 9.93. The maximum atomic E-state index is 12.9. The molecule has 0 unspecified atom stereocenters. The van der Waals surface area contributed by atoms with Crippen LogP contribution in [0, 0.1) is 6.92 Å². The van der Waals surface area contributed by atoms with E-state index in [1.807, 2.05) is 19.1 Å². The van der Waals surface area contributed by atoms with E-state index in [1.165, 1.54) is 6.07 Å². The molecule has 162 valence electrons. The maximum Gasteiger partial charge on any atom is 0.416 e. The predicted molar refractivity (Wildman–Crippen MR) is 112 cm³/mol. The van der Waals surface area contributed by atoms with Crippen molar-refractivity contribution in [1.82, 2.24) is 15.0 Å². The minimum absolute atomic E-state index is 0.218. The van der Waals surface area contributed by atoms with Gasteiger partial charge in [0.05, 0.1) is 18.8 Å². The van der Waals surface area contributed by atoms with Crippen LogP contribution in [0.3, 0.4) is 0 Å². The van der Waals surface area contributed by atoms with Crippen LogP contribution in [0.15, 0.2) is 48.8 Å². The van der Waals surface area contributed by atoms with Crippen molar-refractivity contribution in [3.05, 3.63) is 65.5 Å².